The molecular formula is C14H27ClN4O2. The molecule has 0 aromatic carbocycles. The summed E-state index contributed by atoms with van der Waals surface area (Å²) in [6, 6.07) is -0.434. The van der Waals surface area contributed by atoms with Crippen LogP contribution >= 0.6 is 12.4 Å². The van der Waals surface area contributed by atoms with Crippen molar-refractivity contribution < 1.29 is 9.59 Å². The van der Waals surface area contributed by atoms with Gasteiger partial charge < -0.3 is 15.5 Å². The fourth-order valence-corrected chi connectivity index (χ4v) is 2.85. The highest BCUT2D eigenvalue weighted by atomic mass is 35.5. The monoisotopic (exact) mass is 318 g/mol. The number of halogens is 1. The third kappa shape index (κ3) is 5.13. The number of hydrogen-bond donors (Lipinski definition) is 1. The first-order valence-corrected chi connectivity index (χ1v) is 7.62. The molecule has 1 atom stereocenters. The van der Waals surface area contributed by atoms with Crippen molar-refractivity contribution in [3.63, 3.8) is 0 Å². The molecule has 2 N–H and O–H groups in total. The van der Waals surface area contributed by atoms with E-state index in [1.165, 1.54) is 6.42 Å². The van der Waals surface area contributed by atoms with E-state index in [2.05, 4.69) is 4.90 Å². The molecule has 2 aliphatic heterocycles. The Hall–Kier alpha value is -0.850. The third-order valence-corrected chi connectivity index (χ3v) is 4.14. The van der Waals surface area contributed by atoms with Gasteiger partial charge in [0, 0.05) is 39.3 Å². The Labute approximate surface area is 133 Å². The number of rotatable bonds is 3. The number of carbonyl (C=O) groups excluding carboxylic acids is 2. The summed E-state index contributed by atoms with van der Waals surface area (Å²) in [5.74, 6) is 0.240. The molecule has 2 fully saturated rings. The lowest BCUT2D eigenvalue weighted by Crippen LogP contribution is -2.54. The molecule has 1 unspecified atom stereocenters. The Kier molecular flexibility index (Phi) is 7.42. The second-order valence-corrected chi connectivity index (χ2v) is 5.83. The first-order valence-electron chi connectivity index (χ1n) is 7.62. The normalized spacial score (nSPS) is 21.6. The highest BCUT2D eigenvalue weighted by Gasteiger charge is 2.25. The van der Waals surface area contributed by atoms with Gasteiger partial charge in [-0.25, -0.2) is 0 Å². The maximum Gasteiger partial charge on any atom is 0.239 e. The van der Waals surface area contributed by atoms with Crippen LogP contribution in [0, 0.1) is 0 Å². The van der Waals surface area contributed by atoms with Gasteiger partial charge in [0.1, 0.15) is 0 Å². The molecule has 7 heteroatoms. The highest BCUT2D eigenvalue weighted by Crippen LogP contribution is 2.10. The molecule has 0 aliphatic carbocycles. The molecule has 2 rings (SSSR count). The Morgan fingerprint density at radius 2 is 1.52 bits per heavy atom. The van der Waals surface area contributed by atoms with Gasteiger partial charge in [-0.15, -0.1) is 12.4 Å². The fraction of sp³-hybridized carbons (Fsp3) is 0.857. The molecule has 2 aliphatic rings. The predicted molar refractivity (Wildman–Crippen MR) is 84.3 cm³/mol. The number of carbonyl (C=O) groups is 2. The van der Waals surface area contributed by atoms with Crippen molar-refractivity contribution in [2.24, 2.45) is 5.73 Å². The summed E-state index contributed by atoms with van der Waals surface area (Å²) in [6.07, 6.45) is 3.49. The van der Waals surface area contributed by atoms with Crippen LogP contribution in [0.25, 0.3) is 0 Å². The van der Waals surface area contributed by atoms with Gasteiger partial charge in [-0.1, -0.05) is 0 Å². The van der Waals surface area contributed by atoms with E-state index in [9.17, 15) is 9.59 Å². The van der Waals surface area contributed by atoms with Gasteiger partial charge in [0.25, 0.3) is 0 Å². The number of nitrogens with zero attached hydrogens (tertiary/aromatic N) is 3. The van der Waals surface area contributed by atoms with Crippen molar-refractivity contribution in [2.75, 3.05) is 45.8 Å². The molecule has 0 aromatic heterocycles. The lowest BCUT2D eigenvalue weighted by Gasteiger charge is -2.36. The molecular weight excluding hydrogens is 292 g/mol. The van der Waals surface area contributed by atoms with Gasteiger partial charge in [-0.2, -0.15) is 0 Å². The highest BCUT2D eigenvalue weighted by molar-refractivity contribution is 5.85. The molecule has 0 aromatic rings. The Bertz CT molecular complexity index is 351. The minimum absolute atomic E-state index is 0. The Morgan fingerprint density at radius 3 is 2.05 bits per heavy atom. The van der Waals surface area contributed by atoms with Crippen molar-refractivity contribution in [1.82, 2.24) is 14.7 Å². The van der Waals surface area contributed by atoms with Crippen molar-refractivity contribution in [3.8, 4) is 0 Å². The molecule has 21 heavy (non-hydrogen) atoms. The van der Waals surface area contributed by atoms with Crippen LogP contribution in [0.4, 0.5) is 0 Å². The fourth-order valence-electron chi connectivity index (χ4n) is 2.85. The lowest BCUT2D eigenvalue weighted by molar-refractivity contribution is -0.136. The molecule has 122 valence electrons. The number of amides is 2. The van der Waals surface area contributed by atoms with E-state index in [0.29, 0.717) is 19.6 Å². The molecule has 0 bridgehead atoms. The van der Waals surface area contributed by atoms with Gasteiger partial charge in [0.05, 0.1) is 12.6 Å². The van der Waals surface area contributed by atoms with E-state index < -0.39 is 6.04 Å². The Morgan fingerprint density at radius 1 is 0.952 bits per heavy atom. The summed E-state index contributed by atoms with van der Waals surface area (Å²) >= 11 is 0. The van der Waals surface area contributed by atoms with E-state index in [1.807, 2.05) is 4.90 Å². The summed E-state index contributed by atoms with van der Waals surface area (Å²) in [4.78, 5) is 29.9. The summed E-state index contributed by atoms with van der Waals surface area (Å²) in [5, 5.41) is 0. The number of piperazine rings is 1. The maximum absolute atomic E-state index is 12.2. The van der Waals surface area contributed by atoms with Gasteiger partial charge in [-0.05, 0) is 26.2 Å². The lowest BCUT2D eigenvalue weighted by atomic mass is 10.1. The van der Waals surface area contributed by atoms with E-state index >= 15 is 0 Å². The topological polar surface area (TPSA) is 69.9 Å². The Balaban J connectivity index is 0.00000220. The number of piperidine rings is 1. The van der Waals surface area contributed by atoms with Crippen LogP contribution in [-0.2, 0) is 9.59 Å². The van der Waals surface area contributed by atoms with Gasteiger partial charge in [-0.3, -0.25) is 14.5 Å². The van der Waals surface area contributed by atoms with E-state index in [0.717, 1.165) is 39.0 Å². The minimum atomic E-state index is -0.434. The van der Waals surface area contributed by atoms with Crippen LogP contribution in [0.1, 0.15) is 26.2 Å². The summed E-state index contributed by atoms with van der Waals surface area (Å²) in [7, 11) is 0. The van der Waals surface area contributed by atoms with E-state index in [4.69, 9.17) is 5.73 Å². The van der Waals surface area contributed by atoms with Crippen LogP contribution in [0.5, 0.6) is 0 Å². The van der Waals surface area contributed by atoms with E-state index in [-0.39, 0.29) is 24.2 Å². The molecule has 6 nitrogen and oxygen atoms in total. The zero-order valence-corrected chi connectivity index (χ0v) is 13.6. The first kappa shape index (κ1) is 18.2. The SMILES string of the molecule is CC(N)C(=O)N1CCN(CC(=O)N2CCCCC2)CC1.Cl. The summed E-state index contributed by atoms with van der Waals surface area (Å²) < 4.78 is 0. The van der Waals surface area contributed by atoms with Gasteiger partial charge in [0.15, 0.2) is 0 Å². The largest absolute Gasteiger partial charge is 0.342 e. The van der Waals surface area contributed by atoms with Crippen LogP contribution in [0.3, 0.4) is 0 Å². The quantitative estimate of drug-likeness (QED) is 0.790. The van der Waals surface area contributed by atoms with Gasteiger partial charge in [0.2, 0.25) is 11.8 Å². The van der Waals surface area contributed by atoms with Crippen molar-refractivity contribution in [2.45, 2.75) is 32.2 Å². The third-order valence-electron chi connectivity index (χ3n) is 4.14. The number of hydrogen-bond acceptors (Lipinski definition) is 4. The predicted octanol–water partition coefficient (Wildman–Crippen LogP) is -0.0879. The zero-order chi connectivity index (χ0) is 14.5. The summed E-state index contributed by atoms with van der Waals surface area (Å²) in [5.41, 5.74) is 5.61. The number of nitrogens with two attached hydrogens (primary N) is 1. The smallest absolute Gasteiger partial charge is 0.239 e. The van der Waals surface area contributed by atoms with Crippen molar-refractivity contribution in [3.05, 3.63) is 0 Å². The molecule has 2 heterocycles. The minimum Gasteiger partial charge on any atom is -0.342 e. The van der Waals surface area contributed by atoms with Gasteiger partial charge >= 0.3 is 0 Å². The van der Waals surface area contributed by atoms with Crippen LogP contribution in [-0.4, -0.2) is 78.4 Å². The molecule has 2 saturated heterocycles. The van der Waals surface area contributed by atoms with E-state index in [1.54, 1.807) is 11.8 Å². The average molecular weight is 319 g/mol. The van der Waals surface area contributed by atoms with Crippen LogP contribution in [0.15, 0.2) is 0 Å². The van der Waals surface area contributed by atoms with Crippen molar-refractivity contribution in [1.29, 1.82) is 0 Å². The maximum atomic E-state index is 12.2. The van der Waals surface area contributed by atoms with Crippen LogP contribution in [0.2, 0.25) is 0 Å². The second-order valence-electron chi connectivity index (χ2n) is 5.83. The second kappa shape index (κ2) is 8.56. The zero-order valence-electron chi connectivity index (χ0n) is 12.8. The van der Waals surface area contributed by atoms with Crippen molar-refractivity contribution >= 4 is 24.2 Å². The average Bonchev–Trinajstić information content (AvgIpc) is 2.48. The van der Waals surface area contributed by atoms with Crippen LogP contribution < -0.4 is 5.73 Å². The molecule has 0 saturated carbocycles. The molecule has 0 spiro atoms. The molecule has 0 radical (unpaired) electrons. The first-order chi connectivity index (χ1) is 9.58. The number of likely N-dealkylation sites (tertiary alicyclic amines) is 1. The molecule has 2 amide bonds. The summed E-state index contributed by atoms with van der Waals surface area (Å²) in [6.45, 7) is 6.89. The standard InChI is InChI=1S/C14H26N4O2.ClH/c1-12(15)14(20)18-9-7-16(8-10-18)11-13(19)17-5-3-2-4-6-17;/h12H,2-11,15H2,1H3;1H.